The number of nitrogens with two attached hydrogens (primary N) is 1. The third-order valence-electron chi connectivity index (χ3n) is 2.04. The molecule has 0 spiro atoms. The maximum atomic E-state index is 13.2. The first-order valence-corrected chi connectivity index (χ1v) is 4.63. The summed E-state index contributed by atoms with van der Waals surface area (Å²) in [5.41, 5.74) is 5.63. The molecule has 84 valence electrons. The molecular formula is C9H11ClFNO3. The summed E-state index contributed by atoms with van der Waals surface area (Å²) < 4.78 is 13.2. The van der Waals surface area contributed by atoms with Gasteiger partial charge in [-0.25, -0.2) is 0 Å². The van der Waals surface area contributed by atoms with E-state index in [1.807, 2.05) is 0 Å². The highest BCUT2D eigenvalue weighted by molar-refractivity contribution is 6.32. The van der Waals surface area contributed by atoms with E-state index in [0.29, 0.717) is 0 Å². The molecule has 0 amide bonds. The largest absolute Gasteiger partial charge is 0.504 e. The fourth-order valence-electron chi connectivity index (χ4n) is 1.19. The minimum absolute atomic E-state index is 0.0596. The highest BCUT2D eigenvalue weighted by Gasteiger charge is 2.19. The summed E-state index contributed by atoms with van der Waals surface area (Å²) in [5, 5.41) is 26.8. The Bertz CT molecular complexity index is 373. The van der Waals surface area contributed by atoms with E-state index in [-0.39, 0.29) is 23.6 Å². The number of aromatic hydroxyl groups is 2. The minimum atomic E-state index is -1.20. The van der Waals surface area contributed by atoms with Crippen molar-refractivity contribution in [1.29, 1.82) is 0 Å². The molecule has 0 saturated heterocycles. The zero-order chi connectivity index (χ0) is 11.6. The number of hydrogen-bond acceptors (Lipinski definition) is 4. The highest BCUT2D eigenvalue weighted by Crippen LogP contribution is 2.38. The Balaban J connectivity index is 3.19. The van der Waals surface area contributed by atoms with Crippen LogP contribution in [0.15, 0.2) is 6.07 Å². The predicted molar refractivity (Wildman–Crippen MR) is 53.4 cm³/mol. The average Bonchev–Trinajstić information content (AvgIpc) is 2.20. The van der Waals surface area contributed by atoms with Crippen LogP contribution in [-0.4, -0.2) is 21.9 Å². The van der Waals surface area contributed by atoms with Crippen LogP contribution in [0.25, 0.3) is 0 Å². The number of hydrogen-bond donors (Lipinski definition) is 4. The van der Waals surface area contributed by atoms with E-state index >= 15 is 0 Å². The van der Waals surface area contributed by atoms with Crippen LogP contribution in [0.5, 0.6) is 11.5 Å². The van der Waals surface area contributed by atoms with Gasteiger partial charge in [0.1, 0.15) is 0 Å². The van der Waals surface area contributed by atoms with Crippen LogP contribution in [0, 0.1) is 5.82 Å². The van der Waals surface area contributed by atoms with Gasteiger partial charge in [-0.15, -0.1) is 0 Å². The lowest BCUT2D eigenvalue weighted by Gasteiger charge is -2.14. The number of aliphatic hydroxyl groups excluding tert-OH is 1. The van der Waals surface area contributed by atoms with Crippen LogP contribution in [0.3, 0.4) is 0 Å². The van der Waals surface area contributed by atoms with Gasteiger partial charge in [-0.3, -0.25) is 0 Å². The zero-order valence-electron chi connectivity index (χ0n) is 7.74. The summed E-state index contributed by atoms with van der Waals surface area (Å²) in [4.78, 5) is 0. The molecule has 0 fully saturated rings. The number of rotatable bonds is 3. The number of aliphatic hydroxyl groups is 1. The molecule has 0 bridgehead atoms. The van der Waals surface area contributed by atoms with Crippen molar-refractivity contribution in [2.45, 2.75) is 12.5 Å². The van der Waals surface area contributed by atoms with Crippen molar-refractivity contribution < 1.29 is 19.7 Å². The smallest absolute Gasteiger partial charge is 0.208 e. The van der Waals surface area contributed by atoms with E-state index < -0.39 is 23.4 Å². The maximum absolute atomic E-state index is 13.2. The van der Waals surface area contributed by atoms with Gasteiger partial charge in [0.2, 0.25) is 5.82 Å². The Morgan fingerprint density at radius 1 is 1.40 bits per heavy atom. The van der Waals surface area contributed by atoms with Crippen molar-refractivity contribution in [3.8, 4) is 11.5 Å². The molecule has 1 aromatic carbocycles. The van der Waals surface area contributed by atoms with Crippen molar-refractivity contribution in [3.63, 3.8) is 0 Å². The van der Waals surface area contributed by atoms with Crippen molar-refractivity contribution in [1.82, 2.24) is 0 Å². The lowest BCUT2D eigenvalue weighted by atomic mass is 10.0. The normalized spacial score (nSPS) is 12.8. The summed E-state index contributed by atoms with van der Waals surface area (Å²) in [6.07, 6.45) is 0.161. The predicted octanol–water partition coefficient (Wildman–Crippen LogP) is 1.27. The first-order valence-electron chi connectivity index (χ1n) is 4.25. The molecule has 6 heteroatoms. The number of phenolic OH excluding ortho intramolecular Hbond substituents is 2. The number of halogens is 2. The quantitative estimate of drug-likeness (QED) is 0.636. The van der Waals surface area contributed by atoms with Crippen LogP contribution in [0.4, 0.5) is 4.39 Å². The van der Waals surface area contributed by atoms with Crippen molar-refractivity contribution in [3.05, 3.63) is 22.5 Å². The van der Waals surface area contributed by atoms with E-state index in [1.165, 1.54) is 6.07 Å². The monoisotopic (exact) mass is 235 g/mol. The molecule has 4 nitrogen and oxygen atoms in total. The zero-order valence-corrected chi connectivity index (χ0v) is 8.50. The maximum Gasteiger partial charge on any atom is 0.208 e. The standard InChI is InChI=1S/C9H11ClFNO3/c10-5-3-4(6(12)1-2-13)8(14)7(11)9(5)15/h3,6,13-15H,1-2,12H2. The molecule has 1 unspecified atom stereocenters. The van der Waals surface area contributed by atoms with Crippen molar-refractivity contribution in [2.75, 3.05) is 6.61 Å². The molecule has 1 rings (SSSR count). The van der Waals surface area contributed by atoms with Gasteiger partial charge in [0.25, 0.3) is 0 Å². The fourth-order valence-corrected chi connectivity index (χ4v) is 1.39. The first kappa shape index (κ1) is 12.0. The van der Waals surface area contributed by atoms with Gasteiger partial charge in [-0.1, -0.05) is 11.6 Å². The lowest BCUT2D eigenvalue weighted by molar-refractivity contribution is 0.274. The molecule has 0 aliphatic carbocycles. The van der Waals surface area contributed by atoms with E-state index in [4.69, 9.17) is 27.5 Å². The van der Waals surface area contributed by atoms with Crippen LogP contribution in [-0.2, 0) is 0 Å². The second-order valence-corrected chi connectivity index (χ2v) is 3.48. The summed E-state index contributed by atoms with van der Waals surface area (Å²) in [5.74, 6) is -2.75. The van der Waals surface area contributed by atoms with E-state index in [0.717, 1.165) is 0 Å². The molecule has 0 aliphatic heterocycles. The van der Waals surface area contributed by atoms with Gasteiger partial charge in [0, 0.05) is 18.2 Å². The molecule has 5 N–H and O–H groups in total. The Morgan fingerprint density at radius 3 is 2.53 bits per heavy atom. The van der Waals surface area contributed by atoms with Crippen LogP contribution in [0.1, 0.15) is 18.0 Å². The van der Waals surface area contributed by atoms with Crippen LogP contribution in [0.2, 0.25) is 5.02 Å². The van der Waals surface area contributed by atoms with E-state index in [9.17, 15) is 9.50 Å². The first-order chi connectivity index (χ1) is 6.99. The molecule has 0 aliphatic rings. The van der Waals surface area contributed by atoms with Gasteiger partial charge in [-0.2, -0.15) is 4.39 Å². The molecule has 1 aromatic rings. The second kappa shape index (κ2) is 4.65. The van der Waals surface area contributed by atoms with Gasteiger partial charge in [0.15, 0.2) is 11.5 Å². The molecular weight excluding hydrogens is 225 g/mol. The van der Waals surface area contributed by atoms with E-state index in [1.54, 1.807) is 0 Å². The van der Waals surface area contributed by atoms with Crippen LogP contribution >= 0.6 is 11.6 Å². The Hall–Kier alpha value is -1.04. The number of benzene rings is 1. The molecule has 1 atom stereocenters. The molecule has 15 heavy (non-hydrogen) atoms. The average molecular weight is 236 g/mol. The van der Waals surface area contributed by atoms with E-state index in [2.05, 4.69) is 0 Å². The topological polar surface area (TPSA) is 86.7 Å². The van der Waals surface area contributed by atoms with Gasteiger partial charge in [0.05, 0.1) is 5.02 Å². The van der Waals surface area contributed by atoms with Gasteiger partial charge in [-0.05, 0) is 12.5 Å². The lowest BCUT2D eigenvalue weighted by Crippen LogP contribution is -2.12. The van der Waals surface area contributed by atoms with Gasteiger partial charge >= 0.3 is 0 Å². The third-order valence-corrected chi connectivity index (χ3v) is 2.33. The molecule has 0 aromatic heterocycles. The molecule has 0 heterocycles. The van der Waals surface area contributed by atoms with Crippen molar-refractivity contribution >= 4 is 11.6 Å². The summed E-state index contributed by atoms with van der Waals surface area (Å²) in [6.45, 7) is -0.194. The third kappa shape index (κ3) is 2.31. The second-order valence-electron chi connectivity index (χ2n) is 3.08. The SMILES string of the molecule is NC(CCO)c1cc(Cl)c(O)c(F)c1O. The summed E-state index contributed by atoms with van der Waals surface area (Å²) >= 11 is 5.52. The Morgan fingerprint density at radius 2 is 2.00 bits per heavy atom. The molecule has 0 radical (unpaired) electrons. The summed E-state index contributed by atoms with van der Waals surface area (Å²) in [7, 11) is 0. The summed E-state index contributed by atoms with van der Waals surface area (Å²) in [6, 6.07) is 0.443. The Kier molecular flexibility index (Phi) is 3.73. The molecule has 0 saturated carbocycles. The van der Waals surface area contributed by atoms with Gasteiger partial charge < -0.3 is 21.1 Å². The highest BCUT2D eigenvalue weighted by atomic mass is 35.5. The fraction of sp³-hybridized carbons (Fsp3) is 0.333. The Labute approximate surface area is 90.7 Å². The van der Waals surface area contributed by atoms with Crippen LogP contribution < -0.4 is 5.73 Å². The van der Waals surface area contributed by atoms with Crippen molar-refractivity contribution in [2.24, 2.45) is 5.73 Å². The number of phenols is 2. The minimum Gasteiger partial charge on any atom is -0.504 e.